The van der Waals surface area contributed by atoms with Crippen molar-refractivity contribution in [1.82, 2.24) is 10.2 Å². The van der Waals surface area contributed by atoms with Gasteiger partial charge in [0.15, 0.2) is 5.76 Å². The summed E-state index contributed by atoms with van der Waals surface area (Å²) in [6, 6.07) is 20.4. The van der Waals surface area contributed by atoms with Gasteiger partial charge >= 0.3 is 0 Å². The van der Waals surface area contributed by atoms with Crippen molar-refractivity contribution in [3.63, 3.8) is 0 Å². The summed E-state index contributed by atoms with van der Waals surface area (Å²) in [5, 5.41) is 2.62. The van der Waals surface area contributed by atoms with Crippen molar-refractivity contribution in [2.45, 2.75) is 20.1 Å². The number of hydrogen-bond acceptors (Lipinski definition) is 4. The number of likely N-dealkylation sites (N-methyl/N-ethyl adjacent to an activating group) is 1. The molecule has 1 aromatic heterocycles. The van der Waals surface area contributed by atoms with E-state index in [2.05, 4.69) is 21.2 Å². The van der Waals surface area contributed by atoms with Gasteiger partial charge in [0.1, 0.15) is 18.1 Å². The first kappa shape index (κ1) is 21.6. The van der Waals surface area contributed by atoms with Crippen LogP contribution in [-0.4, -0.2) is 29.8 Å². The van der Waals surface area contributed by atoms with Crippen LogP contribution in [0, 0.1) is 0 Å². The van der Waals surface area contributed by atoms with Gasteiger partial charge in [0.05, 0.1) is 6.54 Å². The third kappa shape index (κ3) is 6.22. The Morgan fingerprint density at radius 2 is 1.87 bits per heavy atom. The van der Waals surface area contributed by atoms with Crippen LogP contribution in [0.15, 0.2) is 75.6 Å². The van der Waals surface area contributed by atoms with E-state index < -0.39 is 5.91 Å². The van der Waals surface area contributed by atoms with Crippen LogP contribution in [0.3, 0.4) is 0 Å². The van der Waals surface area contributed by atoms with Crippen LogP contribution in [0.2, 0.25) is 0 Å². The molecule has 6 nitrogen and oxygen atoms in total. The number of amides is 2. The third-order valence-electron chi connectivity index (χ3n) is 4.41. The van der Waals surface area contributed by atoms with E-state index in [0.717, 1.165) is 10.0 Å². The molecule has 0 aliphatic carbocycles. The van der Waals surface area contributed by atoms with Crippen molar-refractivity contribution >= 4 is 27.7 Å². The molecule has 156 valence electrons. The van der Waals surface area contributed by atoms with Crippen molar-refractivity contribution in [3.05, 3.63) is 88.3 Å². The number of halogens is 1. The van der Waals surface area contributed by atoms with Crippen LogP contribution >= 0.6 is 15.9 Å². The predicted molar refractivity (Wildman–Crippen MR) is 117 cm³/mol. The summed E-state index contributed by atoms with van der Waals surface area (Å²) in [5.41, 5.74) is 1.04. The Bertz CT molecular complexity index is 988. The average Bonchev–Trinajstić information content (AvgIpc) is 3.24. The monoisotopic (exact) mass is 470 g/mol. The van der Waals surface area contributed by atoms with Gasteiger partial charge in [-0.15, -0.1) is 0 Å². The Kier molecular flexibility index (Phi) is 7.68. The number of ether oxygens (including phenoxy) is 1. The fourth-order valence-corrected chi connectivity index (χ4v) is 3.20. The van der Waals surface area contributed by atoms with Gasteiger partial charge in [-0.05, 0) is 42.8 Å². The highest BCUT2D eigenvalue weighted by Crippen LogP contribution is 2.19. The average molecular weight is 471 g/mol. The summed E-state index contributed by atoms with van der Waals surface area (Å²) in [6.07, 6.45) is 0. The smallest absolute Gasteiger partial charge is 0.287 e. The summed E-state index contributed by atoms with van der Waals surface area (Å²) in [5.74, 6) is 0.759. The normalized spacial score (nSPS) is 10.5. The molecule has 0 saturated carbocycles. The fourth-order valence-electron chi connectivity index (χ4n) is 2.82. The molecule has 0 aliphatic rings. The molecule has 3 aromatic rings. The van der Waals surface area contributed by atoms with E-state index in [0.29, 0.717) is 24.6 Å². The topological polar surface area (TPSA) is 71.8 Å². The highest BCUT2D eigenvalue weighted by molar-refractivity contribution is 9.10. The third-order valence-corrected chi connectivity index (χ3v) is 4.91. The number of carbonyl (C=O) groups excluding carboxylic acids is 2. The van der Waals surface area contributed by atoms with Crippen LogP contribution in [0.25, 0.3) is 0 Å². The zero-order valence-corrected chi connectivity index (χ0v) is 18.2. The van der Waals surface area contributed by atoms with E-state index in [1.807, 2.05) is 61.5 Å². The molecule has 0 radical (unpaired) electrons. The molecule has 0 unspecified atom stereocenters. The van der Waals surface area contributed by atoms with Crippen molar-refractivity contribution in [3.8, 4) is 5.75 Å². The molecule has 1 N–H and O–H groups in total. The number of nitrogens with zero attached hydrogens (tertiary/aromatic N) is 1. The fraction of sp³-hybridized carbons (Fsp3) is 0.217. The first-order valence-corrected chi connectivity index (χ1v) is 10.4. The van der Waals surface area contributed by atoms with Gasteiger partial charge in [0, 0.05) is 17.6 Å². The lowest BCUT2D eigenvalue weighted by atomic mass is 10.2. The molecule has 0 bridgehead atoms. The van der Waals surface area contributed by atoms with E-state index in [1.54, 1.807) is 17.0 Å². The lowest BCUT2D eigenvalue weighted by molar-refractivity contribution is -0.130. The largest absolute Gasteiger partial charge is 0.486 e. The van der Waals surface area contributed by atoms with Crippen LogP contribution in [0.5, 0.6) is 5.75 Å². The van der Waals surface area contributed by atoms with Crippen LogP contribution in [-0.2, 0) is 17.9 Å². The number of benzene rings is 2. The standard InChI is InChI=1S/C23H23BrN2O4/c1-2-26(15-17-7-4-3-5-8-17)22(27)14-25-23(28)21-12-11-20(30-21)16-29-19-10-6-9-18(24)13-19/h3-13H,2,14-16H2,1H3,(H,25,28). The van der Waals surface area contributed by atoms with E-state index >= 15 is 0 Å². The molecule has 0 saturated heterocycles. The van der Waals surface area contributed by atoms with Crippen molar-refractivity contribution in [2.24, 2.45) is 0 Å². The number of hydrogen-bond donors (Lipinski definition) is 1. The second-order valence-electron chi connectivity index (χ2n) is 6.59. The van der Waals surface area contributed by atoms with Crippen LogP contribution < -0.4 is 10.1 Å². The molecule has 30 heavy (non-hydrogen) atoms. The quantitative estimate of drug-likeness (QED) is 0.502. The Hall–Kier alpha value is -3.06. The van der Waals surface area contributed by atoms with Gasteiger partial charge in [0.2, 0.25) is 5.91 Å². The van der Waals surface area contributed by atoms with Gasteiger partial charge in [-0.25, -0.2) is 0 Å². The second-order valence-corrected chi connectivity index (χ2v) is 7.50. The molecule has 7 heteroatoms. The summed E-state index contributed by atoms with van der Waals surface area (Å²) >= 11 is 3.39. The first-order chi connectivity index (χ1) is 14.5. The molecule has 0 atom stereocenters. The van der Waals surface area contributed by atoms with Crippen molar-refractivity contribution in [1.29, 1.82) is 0 Å². The summed E-state index contributed by atoms with van der Waals surface area (Å²) in [4.78, 5) is 26.5. The highest BCUT2D eigenvalue weighted by Gasteiger charge is 2.16. The Labute approximate surface area is 184 Å². The number of carbonyl (C=O) groups is 2. The zero-order valence-electron chi connectivity index (χ0n) is 16.6. The molecule has 2 aromatic carbocycles. The molecular formula is C23H23BrN2O4. The zero-order chi connectivity index (χ0) is 21.3. The van der Waals surface area contributed by atoms with Crippen LogP contribution in [0.1, 0.15) is 28.8 Å². The molecule has 0 spiro atoms. The molecule has 1 heterocycles. The van der Waals surface area contributed by atoms with Gasteiger partial charge in [-0.3, -0.25) is 9.59 Å². The Morgan fingerprint density at radius 3 is 2.60 bits per heavy atom. The molecule has 2 amide bonds. The lowest BCUT2D eigenvalue weighted by Crippen LogP contribution is -2.39. The van der Waals surface area contributed by atoms with Crippen molar-refractivity contribution in [2.75, 3.05) is 13.1 Å². The van der Waals surface area contributed by atoms with Gasteiger partial charge in [0.25, 0.3) is 5.91 Å². The summed E-state index contributed by atoms with van der Waals surface area (Å²) in [6.45, 7) is 3.07. The summed E-state index contributed by atoms with van der Waals surface area (Å²) in [7, 11) is 0. The summed E-state index contributed by atoms with van der Waals surface area (Å²) < 4.78 is 12.1. The first-order valence-electron chi connectivity index (χ1n) is 9.62. The minimum Gasteiger partial charge on any atom is -0.486 e. The second kappa shape index (κ2) is 10.6. The van der Waals surface area contributed by atoms with Gasteiger partial charge in [-0.1, -0.05) is 52.3 Å². The van der Waals surface area contributed by atoms with Gasteiger partial charge < -0.3 is 19.4 Å². The minimum absolute atomic E-state index is 0.0932. The predicted octanol–water partition coefficient (Wildman–Crippen LogP) is 4.40. The van der Waals surface area contributed by atoms with Crippen molar-refractivity contribution < 1.29 is 18.7 Å². The number of furan rings is 1. The Balaban J connectivity index is 1.49. The van der Waals surface area contributed by atoms with Gasteiger partial charge in [-0.2, -0.15) is 0 Å². The minimum atomic E-state index is -0.437. The maximum absolute atomic E-state index is 12.5. The number of rotatable bonds is 9. The maximum atomic E-state index is 12.5. The maximum Gasteiger partial charge on any atom is 0.287 e. The van der Waals surface area contributed by atoms with E-state index in [1.165, 1.54) is 0 Å². The molecular weight excluding hydrogens is 448 g/mol. The van der Waals surface area contributed by atoms with E-state index in [-0.39, 0.29) is 24.8 Å². The van der Waals surface area contributed by atoms with E-state index in [4.69, 9.17) is 9.15 Å². The molecule has 3 rings (SSSR count). The Morgan fingerprint density at radius 1 is 1.07 bits per heavy atom. The molecule has 0 aliphatic heterocycles. The van der Waals surface area contributed by atoms with E-state index in [9.17, 15) is 9.59 Å². The SMILES string of the molecule is CCN(Cc1ccccc1)C(=O)CNC(=O)c1ccc(COc2cccc(Br)c2)o1. The number of nitrogens with one attached hydrogen (secondary N) is 1. The highest BCUT2D eigenvalue weighted by atomic mass is 79.9. The molecule has 0 fully saturated rings. The lowest BCUT2D eigenvalue weighted by Gasteiger charge is -2.21. The van der Waals surface area contributed by atoms with Crippen LogP contribution in [0.4, 0.5) is 0 Å².